The van der Waals surface area contributed by atoms with Gasteiger partial charge in [0.1, 0.15) is 11.6 Å². The van der Waals surface area contributed by atoms with Gasteiger partial charge in [0.05, 0.1) is 10.6 Å². The zero-order valence-electron chi connectivity index (χ0n) is 15.8. The van der Waals surface area contributed by atoms with Crippen molar-refractivity contribution in [1.29, 1.82) is 0 Å². The highest BCUT2D eigenvalue weighted by Gasteiger charge is 2.26. The molecule has 154 valence electrons. The molecule has 5 nitrogen and oxygen atoms in total. The molecule has 3 aromatic rings. The molecule has 1 aliphatic heterocycles. The number of amides is 1. The Morgan fingerprint density at radius 1 is 0.967 bits per heavy atom. The zero-order valence-corrected chi connectivity index (χ0v) is 16.6. The van der Waals surface area contributed by atoms with Gasteiger partial charge in [-0.05, 0) is 73.0 Å². The highest BCUT2D eigenvalue weighted by Crippen LogP contribution is 2.31. The van der Waals surface area contributed by atoms with E-state index in [0.29, 0.717) is 36.2 Å². The molecular formula is C22H18F2N2O3S. The molecule has 0 aliphatic carbocycles. The molecule has 0 fully saturated rings. The van der Waals surface area contributed by atoms with Crippen molar-refractivity contribution in [3.05, 3.63) is 89.5 Å². The first-order chi connectivity index (χ1) is 14.3. The third kappa shape index (κ3) is 3.91. The average molecular weight is 428 g/mol. The first kappa shape index (κ1) is 20.0. The van der Waals surface area contributed by atoms with Crippen LogP contribution in [0.4, 0.5) is 20.2 Å². The number of rotatable bonds is 4. The molecule has 1 N–H and O–H groups in total. The largest absolute Gasteiger partial charge is 0.308 e. The predicted molar refractivity (Wildman–Crippen MR) is 110 cm³/mol. The van der Waals surface area contributed by atoms with Crippen LogP contribution in [0.2, 0.25) is 0 Å². The molecule has 3 aromatic carbocycles. The van der Waals surface area contributed by atoms with Gasteiger partial charge < -0.3 is 4.90 Å². The maximum atomic E-state index is 13.8. The van der Waals surface area contributed by atoms with Crippen molar-refractivity contribution >= 4 is 27.3 Å². The number of fused-ring (bicyclic) bond motifs is 1. The third-order valence-electron chi connectivity index (χ3n) is 4.93. The number of carbonyl (C=O) groups is 1. The van der Waals surface area contributed by atoms with Crippen molar-refractivity contribution in [2.24, 2.45) is 0 Å². The van der Waals surface area contributed by atoms with Gasteiger partial charge >= 0.3 is 0 Å². The first-order valence-electron chi connectivity index (χ1n) is 9.33. The fraction of sp³-hybridized carbons (Fsp3) is 0.136. The lowest BCUT2D eigenvalue weighted by molar-refractivity contribution is 0.0985. The minimum Gasteiger partial charge on any atom is -0.308 e. The number of nitrogens with zero attached hydrogens (tertiary/aromatic N) is 1. The molecule has 0 atom stereocenters. The van der Waals surface area contributed by atoms with Crippen LogP contribution in [-0.4, -0.2) is 20.9 Å². The standard InChI is InChI=1S/C22H18F2N2O3S/c23-17-9-7-15(8-10-17)22(27)26-13-3-4-16-14-18(11-12-21(16)26)30(28,29)25-20-6-2-1-5-19(20)24/h1-2,5-12,14,25H,3-4,13H2. The van der Waals surface area contributed by atoms with E-state index in [1.807, 2.05) is 0 Å². The van der Waals surface area contributed by atoms with E-state index in [0.717, 1.165) is 0 Å². The molecule has 0 saturated heterocycles. The number of hydrogen-bond donors (Lipinski definition) is 1. The molecule has 1 aliphatic rings. The number of anilines is 2. The van der Waals surface area contributed by atoms with E-state index in [4.69, 9.17) is 0 Å². The van der Waals surface area contributed by atoms with E-state index in [1.54, 1.807) is 11.0 Å². The molecule has 0 unspecified atom stereocenters. The van der Waals surface area contributed by atoms with Gasteiger partial charge in [-0.2, -0.15) is 0 Å². The van der Waals surface area contributed by atoms with Gasteiger partial charge in [0, 0.05) is 17.8 Å². The van der Waals surface area contributed by atoms with Crippen LogP contribution in [0.1, 0.15) is 22.3 Å². The molecular weight excluding hydrogens is 410 g/mol. The van der Waals surface area contributed by atoms with Crippen molar-refractivity contribution in [2.75, 3.05) is 16.2 Å². The lowest BCUT2D eigenvalue weighted by Gasteiger charge is -2.30. The van der Waals surface area contributed by atoms with E-state index in [1.165, 1.54) is 60.7 Å². The Kier molecular flexibility index (Phi) is 5.26. The van der Waals surface area contributed by atoms with Crippen LogP contribution < -0.4 is 9.62 Å². The molecule has 0 saturated carbocycles. The molecule has 0 bridgehead atoms. The van der Waals surface area contributed by atoms with E-state index >= 15 is 0 Å². The summed E-state index contributed by atoms with van der Waals surface area (Å²) >= 11 is 0. The summed E-state index contributed by atoms with van der Waals surface area (Å²) < 4.78 is 54.7. The smallest absolute Gasteiger partial charge is 0.261 e. The fourth-order valence-electron chi connectivity index (χ4n) is 3.45. The average Bonchev–Trinajstić information content (AvgIpc) is 2.74. The normalized spacial score (nSPS) is 13.6. The molecule has 1 heterocycles. The topological polar surface area (TPSA) is 66.5 Å². The van der Waals surface area contributed by atoms with E-state index in [2.05, 4.69) is 4.72 Å². The molecule has 1 amide bonds. The molecule has 0 radical (unpaired) electrons. The number of nitrogens with one attached hydrogen (secondary N) is 1. The summed E-state index contributed by atoms with van der Waals surface area (Å²) in [7, 11) is -4.00. The summed E-state index contributed by atoms with van der Waals surface area (Å²) in [4.78, 5) is 14.4. The number of sulfonamides is 1. The Morgan fingerprint density at radius 2 is 1.70 bits per heavy atom. The quantitative estimate of drug-likeness (QED) is 0.672. The van der Waals surface area contributed by atoms with Crippen molar-refractivity contribution in [3.8, 4) is 0 Å². The number of benzene rings is 3. The van der Waals surface area contributed by atoms with E-state index < -0.39 is 21.7 Å². The number of aryl methyl sites for hydroxylation is 1. The summed E-state index contributed by atoms with van der Waals surface area (Å²) in [6.07, 6.45) is 1.26. The fourth-order valence-corrected chi connectivity index (χ4v) is 4.57. The molecule has 0 aromatic heterocycles. The van der Waals surface area contributed by atoms with Gasteiger partial charge in [-0.15, -0.1) is 0 Å². The van der Waals surface area contributed by atoms with Gasteiger partial charge in [-0.25, -0.2) is 17.2 Å². The van der Waals surface area contributed by atoms with Gasteiger partial charge in [0.15, 0.2) is 0 Å². The van der Waals surface area contributed by atoms with E-state index in [-0.39, 0.29) is 16.5 Å². The van der Waals surface area contributed by atoms with Gasteiger partial charge in [0.25, 0.3) is 15.9 Å². The summed E-state index contributed by atoms with van der Waals surface area (Å²) in [6.45, 7) is 0.475. The van der Waals surface area contributed by atoms with Crippen LogP contribution in [0.25, 0.3) is 0 Å². The number of carbonyl (C=O) groups excluding carboxylic acids is 1. The maximum absolute atomic E-state index is 13.8. The second kappa shape index (κ2) is 7.87. The van der Waals surface area contributed by atoms with Gasteiger partial charge in [-0.1, -0.05) is 12.1 Å². The summed E-state index contributed by atoms with van der Waals surface area (Å²) in [5.74, 6) is -1.38. The maximum Gasteiger partial charge on any atom is 0.261 e. The predicted octanol–water partition coefficient (Wildman–Crippen LogP) is 4.36. The highest BCUT2D eigenvalue weighted by molar-refractivity contribution is 7.92. The number of hydrogen-bond acceptors (Lipinski definition) is 3. The second-order valence-electron chi connectivity index (χ2n) is 6.94. The van der Waals surface area contributed by atoms with Crippen molar-refractivity contribution in [1.82, 2.24) is 0 Å². The molecule has 30 heavy (non-hydrogen) atoms. The van der Waals surface area contributed by atoms with Gasteiger partial charge in [0.2, 0.25) is 0 Å². The van der Waals surface area contributed by atoms with Crippen molar-refractivity contribution < 1.29 is 22.0 Å². The Hall–Kier alpha value is -3.26. The number of halogens is 2. The number of para-hydroxylation sites is 1. The second-order valence-corrected chi connectivity index (χ2v) is 8.63. The Labute approximate surface area is 173 Å². The Balaban J connectivity index is 1.64. The highest BCUT2D eigenvalue weighted by atomic mass is 32.2. The van der Waals surface area contributed by atoms with Crippen LogP contribution in [0.5, 0.6) is 0 Å². The first-order valence-corrected chi connectivity index (χ1v) is 10.8. The summed E-state index contributed by atoms with van der Waals surface area (Å²) in [6, 6.07) is 15.3. The Bertz CT molecular complexity index is 1210. The van der Waals surface area contributed by atoms with Crippen molar-refractivity contribution in [3.63, 3.8) is 0 Å². The summed E-state index contributed by atoms with van der Waals surface area (Å²) in [5.41, 5.74) is 1.53. The van der Waals surface area contributed by atoms with Crippen LogP contribution in [-0.2, 0) is 16.4 Å². The lowest BCUT2D eigenvalue weighted by atomic mass is 10.0. The van der Waals surface area contributed by atoms with Crippen LogP contribution in [0.3, 0.4) is 0 Å². The third-order valence-corrected chi connectivity index (χ3v) is 6.30. The molecule has 4 rings (SSSR count). The Morgan fingerprint density at radius 3 is 2.43 bits per heavy atom. The van der Waals surface area contributed by atoms with Crippen LogP contribution >= 0.6 is 0 Å². The monoisotopic (exact) mass is 428 g/mol. The van der Waals surface area contributed by atoms with Crippen LogP contribution in [0, 0.1) is 11.6 Å². The van der Waals surface area contributed by atoms with Crippen molar-refractivity contribution in [2.45, 2.75) is 17.7 Å². The SMILES string of the molecule is O=C(c1ccc(F)cc1)N1CCCc2cc(S(=O)(=O)Nc3ccccc3F)ccc21. The molecule has 0 spiro atoms. The van der Waals surface area contributed by atoms with Crippen LogP contribution in [0.15, 0.2) is 71.6 Å². The molecule has 8 heteroatoms. The van der Waals surface area contributed by atoms with Gasteiger partial charge in [-0.3, -0.25) is 9.52 Å². The summed E-state index contributed by atoms with van der Waals surface area (Å²) in [5, 5.41) is 0. The lowest BCUT2D eigenvalue weighted by Crippen LogP contribution is -2.35. The minimum absolute atomic E-state index is 0.0133. The zero-order chi connectivity index (χ0) is 21.3. The minimum atomic E-state index is -4.00. The van der Waals surface area contributed by atoms with E-state index in [9.17, 15) is 22.0 Å².